The molecule has 0 amide bonds. The van der Waals surface area contributed by atoms with Crippen LogP contribution in [0.4, 0.5) is 0 Å². The van der Waals surface area contributed by atoms with Gasteiger partial charge < -0.3 is 0 Å². The second-order valence-corrected chi connectivity index (χ2v) is 2.98. The molecule has 2 nitrogen and oxygen atoms in total. The summed E-state index contributed by atoms with van der Waals surface area (Å²) in [7, 11) is 0. The highest BCUT2D eigenvalue weighted by molar-refractivity contribution is 5.04. The van der Waals surface area contributed by atoms with E-state index in [1.54, 1.807) is 6.20 Å². The molecule has 0 unspecified atom stereocenters. The van der Waals surface area contributed by atoms with E-state index in [0.29, 0.717) is 6.17 Å². The Hall–Kier alpha value is -0.920. The molecule has 0 bridgehead atoms. The fourth-order valence-electron chi connectivity index (χ4n) is 1.17. The van der Waals surface area contributed by atoms with Crippen LogP contribution in [-0.4, -0.2) is 10.2 Å². The van der Waals surface area contributed by atoms with Crippen molar-refractivity contribution in [2.24, 2.45) is 0 Å². The van der Waals surface area contributed by atoms with Crippen molar-refractivity contribution >= 4 is 0 Å². The molecule has 0 aromatic carbocycles. The Morgan fingerprint density at radius 1 is 1.33 bits per heavy atom. The minimum absolute atomic E-state index is 0.332. The lowest BCUT2D eigenvalue weighted by atomic mass is 10.1. The fourth-order valence-corrected chi connectivity index (χ4v) is 1.17. The van der Waals surface area contributed by atoms with Gasteiger partial charge in [0, 0.05) is 6.20 Å². The highest BCUT2D eigenvalue weighted by Crippen LogP contribution is 2.05. The van der Waals surface area contributed by atoms with Gasteiger partial charge in [-0.1, -0.05) is 26.2 Å². The van der Waals surface area contributed by atoms with Crippen molar-refractivity contribution in [1.82, 2.24) is 10.2 Å². The van der Waals surface area contributed by atoms with E-state index in [9.17, 15) is 0 Å². The third kappa shape index (κ3) is 3.46. The van der Waals surface area contributed by atoms with Crippen molar-refractivity contribution in [3.8, 4) is 0 Å². The number of aryl methyl sites for hydroxylation is 1. The number of unbranched alkanes of at least 4 members (excludes halogenated alkanes) is 3. The van der Waals surface area contributed by atoms with Gasteiger partial charge in [-0.3, -0.25) is 0 Å². The van der Waals surface area contributed by atoms with Crippen molar-refractivity contribution in [3.63, 3.8) is 0 Å². The van der Waals surface area contributed by atoms with Crippen LogP contribution in [0, 0.1) is 0 Å². The first-order chi connectivity index (χ1) is 6.34. The third-order valence-corrected chi connectivity index (χ3v) is 1.89. The molecule has 1 rings (SSSR count). The SMILES string of the molecule is [2H]c1nnccc1CCCCCC. The zero-order valence-electron chi connectivity index (χ0n) is 8.58. The van der Waals surface area contributed by atoms with Crippen molar-refractivity contribution < 1.29 is 1.37 Å². The summed E-state index contributed by atoms with van der Waals surface area (Å²) in [6.07, 6.45) is 7.90. The number of hydrogen-bond donors (Lipinski definition) is 0. The van der Waals surface area contributed by atoms with Crippen molar-refractivity contribution in [2.75, 3.05) is 0 Å². The van der Waals surface area contributed by atoms with Gasteiger partial charge in [-0.25, -0.2) is 0 Å². The van der Waals surface area contributed by atoms with Gasteiger partial charge in [0.2, 0.25) is 0 Å². The van der Waals surface area contributed by atoms with Crippen LogP contribution in [0.25, 0.3) is 0 Å². The summed E-state index contributed by atoms with van der Waals surface area (Å²) in [5.74, 6) is 0. The molecule has 0 N–H and O–H groups in total. The molecule has 0 aliphatic carbocycles. The minimum Gasteiger partial charge on any atom is -0.159 e. The summed E-state index contributed by atoms with van der Waals surface area (Å²) in [4.78, 5) is 0. The van der Waals surface area contributed by atoms with Gasteiger partial charge in [-0.2, -0.15) is 10.2 Å². The second kappa shape index (κ2) is 5.70. The smallest absolute Gasteiger partial charge is 0.0863 e. The van der Waals surface area contributed by atoms with E-state index < -0.39 is 0 Å². The Morgan fingerprint density at radius 3 is 3.00 bits per heavy atom. The van der Waals surface area contributed by atoms with Crippen molar-refractivity contribution in [3.05, 3.63) is 24.0 Å². The molecule has 12 heavy (non-hydrogen) atoms. The molecule has 0 aliphatic rings. The van der Waals surface area contributed by atoms with Gasteiger partial charge in [0.25, 0.3) is 0 Å². The van der Waals surface area contributed by atoms with Crippen LogP contribution < -0.4 is 0 Å². The summed E-state index contributed by atoms with van der Waals surface area (Å²) in [5, 5.41) is 7.35. The van der Waals surface area contributed by atoms with E-state index >= 15 is 0 Å². The predicted molar refractivity (Wildman–Crippen MR) is 49.9 cm³/mol. The maximum atomic E-state index is 7.48. The van der Waals surface area contributed by atoms with E-state index in [0.717, 1.165) is 18.4 Å². The average molecular weight is 165 g/mol. The number of nitrogens with zero attached hydrogens (tertiary/aromatic N) is 2. The summed E-state index contributed by atoms with van der Waals surface area (Å²) in [5.41, 5.74) is 1.02. The van der Waals surface area contributed by atoms with Gasteiger partial charge in [0.05, 0.1) is 7.54 Å². The summed E-state index contributed by atoms with van der Waals surface area (Å²) >= 11 is 0. The minimum atomic E-state index is 0.332. The van der Waals surface area contributed by atoms with E-state index in [4.69, 9.17) is 1.37 Å². The summed E-state index contributed by atoms with van der Waals surface area (Å²) < 4.78 is 7.48. The Labute approximate surface area is 75.4 Å². The van der Waals surface area contributed by atoms with Crippen LogP contribution in [-0.2, 0) is 6.42 Å². The maximum Gasteiger partial charge on any atom is 0.0863 e. The molecule has 0 spiro atoms. The van der Waals surface area contributed by atoms with Crippen molar-refractivity contribution in [1.29, 1.82) is 0 Å². The van der Waals surface area contributed by atoms with Crippen molar-refractivity contribution in [2.45, 2.75) is 39.0 Å². The molecule has 1 aromatic heterocycles. The van der Waals surface area contributed by atoms with E-state index in [2.05, 4.69) is 17.1 Å². The zero-order chi connectivity index (χ0) is 9.52. The lowest BCUT2D eigenvalue weighted by Crippen LogP contribution is -1.88. The first-order valence-electron chi connectivity index (χ1n) is 5.11. The lowest BCUT2D eigenvalue weighted by molar-refractivity contribution is 0.665. The largest absolute Gasteiger partial charge is 0.159 e. The highest BCUT2D eigenvalue weighted by Gasteiger charge is 1.91. The average Bonchev–Trinajstić information content (AvgIpc) is 2.15. The standard InChI is InChI=1S/C10H16N2/c1-2-3-4-5-6-10-7-8-11-12-9-10/h7-9H,2-6H2,1H3/i9D. The van der Waals surface area contributed by atoms with E-state index in [1.165, 1.54) is 19.3 Å². The Balaban J connectivity index is 2.32. The molecule has 0 saturated carbocycles. The quantitative estimate of drug-likeness (QED) is 0.627. The van der Waals surface area contributed by atoms with Gasteiger partial charge in [-0.15, -0.1) is 0 Å². The molecule has 0 fully saturated rings. The molecule has 1 heterocycles. The Morgan fingerprint density at radius 2 is 2.25 bits per heavy atom. The van der Waals surface area contributed by atoms with Crippen LogP contribution in [0.15, 0.2) is 18.4 Å². The van der Waals surface area contributed by atoms with Crippen LogP contribution in [0.1, 0.15) is 39.5 Å². The summed E-state index contributed by atoms with van der Waals surface area (Å²) in [6.45, 7) is 2.20. The molecular formula is C10H16N2. The zero-order valence-corrected chi connectivity index (χ0v) is 7.58. The topological polar surface area (TPSA) is 25.8 Å². The molecule has 0 aliphatic heterocycles. The molecule has 0 radical (unpaired) electrons. The first kappa shape index (κ1) is 7.71. The van der Waals surface area contributed by atoms with E-state index in [-0.39, 0.29) is 0 Å². The first-order valence-corrected chi connectivity index (χ1v) is 4.61. The molecule has 2 heteroatoms. The lowest BCUT2D eigenvalue weighted by Gasteiger charge is -1.98. The van der Waals surface area contributed by atoms with Crippen LogP contribution in [0.5, 0.6) is 0 Å². The van der Waals surface area contributed by atoms with Gasteiger partial charge in [0.15, 0.2) is 0 Å². The van der Waals surface area contributed by atoms with Crippen LogP contribution >= 0.6 is 0 Å². The number of aromatic nitrogens is 2. The highest BCUT2D eigenvalue weighted by atomic mass is 15.1. The molecular weight excluding hydrogens is 148 g/mol. The molecule has 1 aromatic rings. The fraction of sp³-hybridized carbons (Fsp3) is 0.600. The second-order valence-electron chi connectivity index (χ2n) is 2.98. The van der Waals surface area contributed by atoms with Gasteiger partial charge in [0.1, 0.15) is 0 Å². The number of rotatable bonds is 5. The van der Waals surface area contributed by atoms with Gasteiger partial charge in [-0.05, 0) is 24.5 Å². The molecule has 0 saturated heterocycles. The van der Waals surface area contributed by atoms with Crippen LogP contribution in [0.2, 0.25) is 0 Å². The normalized spacial score (nSPS) is 11.2. The maximum absolute atomic E-state index is 7.48. The van der Waals surface area contributed by atoms with Crippen LogP contribution in [0.3, 0.4) is 0 Å². The van der Waals surface area contributed by atoms with E-state index in [1.807, 2.05) is 6.07 Å². The monoisotopic (exact) mass is 165 g/mol. The number of hydrogen-bond acceptors (Lipinski definition) is 2. The Bertz CT molecular complexity index is 250. The predicted octanol–water partition coefficient (Wildman–Crippen LogP) is 2.60. The molecule has 0 atom stereocenters. The Kier molecular flexibility index (Phi) is 3.66. The van der Waals surface area contributed by atoms with Gasteiger partial charge >= 0.3 is 0 Å². The molecule has 66 valence electrons. The third-order valence-electron chi connectivity index (χ3n) is 1.89. The summed E-state index contributed by atoms with van der Waals surface area (Å²) in [6, 6.07) is 1.89.